The van der Waals surface area contributed by atoms with Crippen molar-refractivity contribution in [3.63, 3.8) is 0 Å². The molecule has 1 saturated heterocycles. The van der Waals surface area contributed by atoms with Gasteiger partial charge < -0.3 is 9.84 Å². The van der Waals surface area contributed by atoms with Crippen LogP contribution in [0.1, 0.15) is 10.4 Å². The fourth-order valence-electron chi connectivity index (χ4n) is 1.22. The standard InChI is InChI=1S/C10H9BrO3S/c11-9-3-6(15-7-4-14-5-7)1-2-8(9)10(12)13/h1-3,7H,4-5H2,(H,12,13). The molecule has 0 spiro atoms. The second kappa shape index (κ2) is 4.55. The van der Waals surface area contributed by atoms with E-state index in [9.17, 15) is 4.79 Å². The van der Waals surface area contributed by atoms with Gasteiger partial charge in [0.25, 0.3) is 0 Å². The Labute approximate surface area is 99.9 Å². The summed E-state index contributed by atoms with van der Waals surface area (Å²) in [6.45, 7) is 1.56. The van der Waals surface area contributed by atoms with Crippen molar-refractivity contribution in [3.05, 3.63) is 28.2 Å². The van der Waals surface area contributed by atoms with Crippen LogP contribution in [0, 0.1) is 0 Å². The van der Waals surface area contributed by atoms with E-state index in [1.165, 1.54) is 0 Å². The molecule has 1 heterocycles. The van der Waals surface area contributed by atoms with Crippen LogP contribution in [-0.4, -0.2) is 29.5 Å². The normalized spacial score (nSPS) is 16.1. The van der Waals surface area contributed by atoms with Gasteiger partial charge in [0.05, 0.1) is 24.0 Å². The molecule has 5 heteroatoms. The number of benzene rings is 1. The van der Waals surface area contributed by atoms with Crippen molar-refractivity contribution in [1.82, 2.24) is 0 Å². The SMILES string of the molecule is O=C(O)c1ccc(SC2COC2)cc1Br. The molecular formula is C10H9BrO3S. The summed E-state index contributed by atoms with van der Waals surface area (Å²) in [5.74, 6) is -0.912. The highest BCUT2D eigenvalue weighted by Crippen LogP contribution is 2.31. The summed E-state index contributed by atoms with van der Waals surface area (Å²) in [4.78, 5) is 11.8. The van der Waals surface area contributed by atoms with Crippen molar-refractivity contribution in [3.8, 4) is 0 Å². The zero-order valence-electron chi connectivity index (χ0n) is 7.77. The average Bonchev–Trinajstić information content (AvgIpc) is 2.11. The van der Waals surface area contributed by atoms with E-state index in [1.54, 1.807) is 17.8 Å². The molecule has 3 nitrogen and oxygen atoms in total. The molecule has 0 radical (unpaired) electrons. The number of carboxylic acid groups (broad SMARTS) is 1. The number of hydrogen-bond donors (Lipinski definition) is 1. The first-order chi connectivity index (χ1) is 7.16. The monoisotopic (exact) mass is 288 g/mol. The highest BCUT2D eigenvalue weighted by molar-refractivity contribution is 9.10. The molecule has 1 aromatic rings. The molecule has 1 N–H and O–H groups in total. The van der Waals surface area contributed by atoms with Crippen molar-refractivity contribution >= 4 is 33.7 Å². The van der Waals surface area contributed by atoms with E-state index in [4.69, 9.17) is 9.84 Å². The first kappa shape index (κ1) is 11.0. The molecule has 0 aromatic heterocycles. The molecule has 15 heavy (non-hydrogen) atoms. The lowest BCUT2D eigenvalue weighted by molar-refractivity contribution is 0.0455. The quantitative estimate of drug-likeness (QED) is 0.929. The molecule has 0 amide bonds. The summed E-state index contributed by atoms with van der Waals surface area (Å²) >= 11 is 4.97. The minimum absolute atomic E-state index is 0.296. The molecule has 1 fully saturated rings. The van der Waals surface area contributed by atoms with Crippen LogP contribution in [0.3, 0.4) is 0 Å². The number of carbonyl (C=O) groups is 1. The van der Waals surface area contributed by atoms with Crippen molar-refractivity contribution < 1.29 is 14.6 Å². The summed E-state index contributed by atoms with van der Waals surface area (Å²) in [7, 11) is 0. The van der Waals surface area contributed by atoms with Gasteiger partial charge in [-0.2, -0.15) is 0 Å². The third kappa shape index (κ3) is 2.53. The number of thioether (sulfide) groups is 1. The topological polar surface area (TPSA) is 46.5 Å². The maximum absolute atomic E-state index is 10.8. The van der Waals surface area contributed by atoms with Gasteiger partial charge in [0.2, 0.25) is 0 Å². The second-order valence-corrected chi connectivity index (χ2v) is 5.45. The van der Waals surface area contributed by atoms with Gasteiger partial charge in [-0.25, -0.2) is 4.79 Å². The predicted molar refractivity (Wildman–Crippen MR) is 61.6 cm³/mol. The fourth-order valence-corrected chi connectivity index (χ4v) is 2.96. The van der Waals surface area contributed by atoms with Gasteiger partial charge in [-0.05, 0) is 34.1 Å². The minimum Gasteiger partial charge on any atom is -0.478 e. The lowest BCUT2D eigenvalue weighted by atomic mass is 10.2. The Kier molecular flexibility index (Phi) is 3.33. The molecule has 0 unspecified atom stereocenters. The lowest BCUT2D eigenvalue weighted by Gasteiger charge is -2.25. The Bertz CT molecular complexity index is 390. The molecule has 0 aliphatic carbocycles. The van der Waals surface area contributed by atoms with E-state index in [1.807, 2.05) is 12.1 Å². The molecule has 80 valence electrons. The minimum atomic E-state index is -0.912. The van der Waals surface area contributed by atoms with Gasteiger partial charge in [-0.15, -0.1) is 11.8 Å². The Morgan fingerprint density at radius 2 is 2.27 bits per heavy atom. The number of rotatable bonds is 3. The third-order valence-electron chi connectivity index (χ3n) is 2.08. The van der Waals surface area contributed by atoms with Crippen LogP contribution in [0.25, 0.3) is 0 Å². The first-order valence-corrected chi connectivity index (χ1v) is 6.11. The molecule has 2 rings (SSSR count). The van der Waals surface area contributed by atoms with Crippen LogP contribution < -0.4 is 0 Å². The summed E-state index contributed by atoms with van der Waals surface area (Å²) in [6.07, 6.45) is 0. The maximum atomic E-state index is 10.8. The highest BCUT2D eigenvalue weighted by atomic mass is 79.9. The molecule has 1 aliphatic rings. The Morgan fingerprint density at radius 1 is 1.53 bits per heavy atom. The Balaban J connectivity index is 2.13. The number of hydrogen-bond acceptors (Lipinski definition) is 3. The van der Waals surface area contributed by atoms with Gasteiger partial charge in [0.1, 0.15) is 0 Å². The van der Waals surface area contributed by atoms with Gasteiger partial charge >= 0.3 is 5.97 Å². The zero-order valence-corrected chi connectivity index (χ0v) is 10.2. The van der Waals surface area contributed by atoms with Gasteiger partial charge in [0.15, 0.2) is 0 Å². The van der Waals surface area contributed by atoms with Crippen LogP contribution >= 0.6 is 27.7 Å². The highest BCUT2D eigenvalue weighted by Gasteiger charge is 2.20. The van der Waals surface area contributed by atoms with Crippen molar-refractivity contribution in [2.24, 2.45) is 0 Å². The molecular weight excluding hydrogens is 280 g/mol. The maximum Gasteiger partial charge on any atom is 0.336 e. The largest absolute Gasteiger partial charge is 0.478 e. The van der Waals surface area contributed by atoms with E-state index < -0.39 is 5.97 Å². The number of ether oxygens (including phenoxy) is 1. The Hall–Kier alpha value is -0.520. The fraction of sp³-hybridized carbons (Fsp3) is 0.300. The van der Waals surface area contributed by atoms with Crippen LogP contribution in [0.5, 0.6) is 0 Å². The lowest BCUT2D eigenvalue weighted by Crippen LogP contribution is -2.30. The molecule has 0 saturated carbocycles. The van der Waals surface area contributed by atoms with Crippen LogP contribution in [-0.2, 0) is 4.74 Å². The number of halogens is 1. The van der Waals surface area contributed by atoms with Gasteiger partial charge in [0, 0.05) is 9.37 Å². The number of carboxylic acids is 1. The predicted octanol–water partition coefficient (Wildman–Crippen LogP) is 2.64. The molecule has 1 aromatic carbocycles. The van der Waals surface area contributed by atoms with E-state index in [0.29, 0.717) is 15.3 Å². The first-order valence-electron chi connectivity index (χ1n) is 4.44. The van der Waals surface area contributed by atoms with Crippen molar-refractivity contribution in [2.75, 3.05) is 13.2 Å². The van der Waals surface area contributed by atoms with Gasteiger partial charge in [-0.3, -0.25) is 0 Å². The smallest absolute Gasteiger partial charge is 0.336 e. The molecule has 1 aliphatic heterocycles. The summed E-state index contributed by atoms with van der Waals surface area (Å²) in [5.41, 5.74) is 0.296. The van der Waals surface area contributed by atoms with Crippen LogP contribution in [0.15, 0.2) is 27.6 Å². The second-order valence-electron chi connectivity index (χ2n) is 3.22. The third-order valence-corrected chi connectivity index (χ3v) is 3.87. The Morgan fingerprint density at radius 3 is 2.73 bits per heavy atom. The summed E-state index contributed by atoms with van der Waals surface area (Å²) in [5, 5.41) is 9.35. The summed E-state index contributed by atoms with van der Waals surface area (Å²) in [6, 6.07) is 5.29. The molecule has 0 atom stereocenters. The van der Waals surface area contributed by atoms with Gasteiger partial charge in [-0.1, -0.05) is 0 Å². The molecule has 0 bridgehead atoms. The zero-order chi connectivity index (χ0) is 10.8. The van der Waals surface area contributed by atoms with E-state index in [0.717, 1.165) is 18.1 Å². The van der Waals surface area contributed by atoms with E-state index in [-0.39, 0.29) is 0 Å². The average molecular weight is 289 g/mol. The number of aromatic carboxylic acids is 1. The van der Waals surface area contributed by atoms with Crippen LogP contribution in [0.2, 0.25) is 0 Å². The van der Waals surface area contributed by atoms with Crippen molar-refractivity contribution in [1.29, 1.82) is 0 Å². The van der Waals surface area contributed by atoms with Crippen LogP contribution in [0.4, 0.5) is 0 Å². The van der Waals surface area contributed by atoms with Crippen molar-refractivity contribution in [2.45, 2.75) is 10.1 Å². The van der Waals surface area contributed by atoms with E-state index >= 15 is 0 Å². The summed E-state index contributed by atoms with van der Waals surface area (Å²) < 4.78 is 5.70. The van der Waals surface area contributed by atoms with E-state index in [2.05, 4.69) is 15.9 Å².